The first-order chi connectivity index (χ1) is 10.5. The van der Waals surface area contributed by atoms with Gasteiger partial charge in [-0.15, -0.1) is 0 Å². The molecule has 0 bridgehead atoms. The Morgan fingerprint density at radius 2 is 1.82 bits per heavy atom. The van der Waals surface area contributed by atoms with Crippen molar-refractivity contribution in [2.24, 2.45) is 0 Å². The summed E-state index contributed by atoms with van der Waals surface area (Å²) < 4.78 is 10.5. The van der Waals surface area contributed by atoms with Crippen molar-refractivity contribution in [3.8, 4) is 11.5 Å². The predicted octanol–water partition coefficient (Wildman–Crippen LogP) is 2.94. The highest BCUT2D eigenvalue weighted by Crippen LogP contribution is 2.28. The molecule has 6 heteroatoms. The molecule has 2 aromatic carbocycles. The maximum Gasteiger partial charge on any atom is 0.338 e. The van der Waals surface area contributed by atoms with Crippen LogP contribution in [0.5, 0.6) is 11.5 Å². The van der Waals surface area contributed by atoms with Gasteiger partial charge in [0.1, 0.15) is 11.5 Å². The maximum atomic E-state index is 11.8. The van der Waals surface area contributed by atoms with Gasteiger partial charge in [0.15, 0.2) is 0 Å². The Morgan fingerprint density at radius 1 is 1.14 bits per heavy atom. The molecule has 0 saturated carbocycles. The van der Waals surface area contributed by atoms with Gasteiger partial charge in [0, 0.05) is 0 Å². The number of aromatic carboxylic acids is 1. The van der Waals surface area contributed by atoms with E-state index in [0.717, 1.165) is 0 Å². The van der Waals surface area contributed by atoms with Crippen molar-refractivity contribution in [3.63, 3.8) is 0 Å². The number of carbonyl (C=O) groups excluding carboxylic acids is 1. The van der Waals surface area contributed by atoms with Crippen LogP contribution in [0.4, 0.5) is 5.69 Å². The number of rotatable bonds is 5. The number of carboxylic acids is 1. The molecule has 0 aromatic heterocycles. The van der Waals surface area contributed by atoms with E-state index in [2.05, 4.69) is 0 Å². The van der Waals surface area contributed by atoms with Crippen molar-refractivity contribution < 1.29 is 24.2 Å². The first-order valence-corrected chi connectivity index (χ1v) is 6.59. The summed E-state index contributed by atoms with van der Waals surface area (Å²) in [5.41, 5.74) is 6.21. The standard InChI is InChI=1S/C16H15NO5/c1-2-21-16(20)11-7-10(15(18)19)8-12(9-11)22-14-6-4-3-5-13(14)17/h3-9H,2,17H2,1H3,(H,18,19). The van der Waals surface area contributed by atoms with Crippen LogP contribution in [0.15, 0.2) is 42.5 Å². The zero-order chi connectivity index (χ0) is 16.1. The number of esters is 1. The topological polar surface area (TPSA) is 98.9 Å². The molecule has 0 aliphatic rings. The molecule has 0 fully saturated rings. The number of para-hydroxylation sites is 2. The lowest BCUT2D eigenvalue weighted by molar-refractivity contribution is 0.0526. The molecule has 2 rings (SSSR count). The monoisotopic (exact) mass is 301 g/mol. The van der Waals surface area contributed by atoms with Crippen LogP contribution in [0.25, 0.3) is 0 Å². The van der Waals surface area contributed by atoms with E-state index >= 15 is 0 Å². The van der Waals surface area contributed by atoms with Gasteiger partial charge in [-0.3, -0.25) is 0 Å². The minimum Gasteiger partial charge on any atom is -0.478 e. The zero-order valence-electron chi connectivity index (χ0n) is 11.9. The lowest BCUT2D eigenvalue weighted by Gasteiger charge is -2.10. The van der Waals surface area contributed by atoms with Crippen molar-refractivity contribution in [1.29, 1.82) is 0 Å². The largest absolute Gasteiger partial charge is 0.478 e. The van der Waals surface area contributed by atoms with Crippen LogP contribution in [0.3, 0.4) is 0 Å². The summed E-state index contributed by atoms with van der Waals surface area (Å²) in [6, 6.07) is 10.8. The quantitative estimate of drug-likeness (QED) is 0.650. The summed E-state index contributed by atoms with van der Waals surface area (Å²) in [5.74, 6) is -1.21. The van der Waals surface area contributed by atoms with E-state index in [0.29, 0.717) is 11.4 Å². The minimum atomic E-state index is -1.17. The lowest BCUT2D eigenvalue weighted by atomic mass is 10.1. The fraction of sp³-hybridized carbons (Fsp3) is 0.125. The average molecular weight is 301 g/mol. The van der Waals surface area contributed by atoms with Gasteiger partial charge in [0.05, 0.1) is 23.4 Å². The van der Waals surface area contributed by atoms with Crippen molar-refractivity contribution in [1.82, 2.24) is 0 Å². The smallest absolute Gasteiger partial charge is 0.338 e. The Balaban J connectivity index is 2.40. The van der Waals surface area contributed by atoms with Crippen LogP contribution < -0.4 is 10.5 Å². The molecule has 22 heavy (non-hydrogen) atoms. The van der Waals surface area contributed by atoms with Crippen LogP contribution in [-0.4, -0.2) is 23.7 Å². The van der Waals surface area contributed by atoms with Crippen molar-refractivity contribution in [2.75, 3.05) is 12.3 Å². The average Bonchev–Trinajstić information content (AvgIpc) is 2.49. The molecule has 2 aromatic rings. The van der Waals surface area contributed by atoms with Gasteiger partial charge >= 0.3 is 11.9 Å². The third kappa shape index (κ3) is 3.54. The van der Waals surface area contributed by atoms with Gasteiger partial charge in [0.25, 0.3) is 0 Å². The van der Waals surface area contributed by atoms with E-state index in [9.17, 15) is 9.59 Å². The third-order valence-electron chi connectivity index (χ3n) is 2.81. The Hall–Kier alpha value is -3.02. The Bertz CT molecular complexity index is 711. The van der Waals surface area contributed by atoms with Crippen LogP contribution in [-0.2, 0) is 4.74 Å². The van der Waals surface area contributed by atoms with Crippen LogP contribution in [0, 0.1) is 0 Å². The molecule has 0 radical (unpaired) electrons. The summed E-state index contributed by atoms with van der Waals surface area (Å²) in [7, 11) is 0. The van der Waals surface area contributed by atoms with E-state index in [1.807, 2.05) is 0 Å². The zero-order valence-corrected chi connectivity index (χ0v) is 11.9. The molecule has 0 atom stereocenters. The molecule has 0 heterocycles. The summed E-state index contributed by atoms with van der Waals surface area (Å²) in [6.45, 7) is 1.86. The van der Waals surface area contributed by atoms with E-state index in [1.54, 1.807) is 31.2 Å². The molecule has 6 nitrogen and oxygen atoms in total. The molecule has 114 valence electrons. The second-order valence-corrected chi connectivity index (χ2v) is 4.41. The summed E-state index contributed by atoms with van der Waals surface area (Å²) in [4.78, 5) is 23.0. The number of nitrogen functional groups attached to an aromatic ring is 1. The summed E-state index contributed by atoms with van der Waals surface area (Å²) >= 11 is 0. The first kappa shape index (κ1) is 15.4. The van der Waals surface area contributed by atoms with Gasteiger partial charge in [0.2, 0.25) is 0 Å². The Labute approximate surface area is 127 Å². The highest BCUT2D eigenvalue weighted by Gasteiger charge is 2.14. The second kappa shape index (κ2) is 6.62. The van der Waals surface area contributed by atoms with E-state index in [4.69, 9.17) is 20.3 Å². The molecule has 3 N–H and O–H groups in total. The SMILES string of the molecule is CCOC(=O)c1cc(Oc2ccccc2N)cc(C(=O)O)c1. The van der Waals surface area contributed by atoms with Gasteiger partial charge in [-0.25, -0.2) is 9.59 Å². The fourth-order valence-electron chi connectivity index (χ4n) is 1.81. The highest BCUT2D eigenvalue weighted by atomic mass is 16.5. The van der Waals surface area contributed by atoms with Gasteiger partial charge in [-0.2, -0.15) is 0 Å². The van der Waals surface area contributed by atoms with Crippen molar-refractivity contribution in [2.45, 2.75) is 6.92 Å². The molecule has 0 saturated heterocycles. The maximum absolute atomic E-state index is 11.8. The Morgan fingerprint density at radius 3 is 2.45 bits per heavy atom. The number of anilines is 1. The molecule has 0 spiro atoms. The van der Waals surface area contributed by atoms with E-state index in [1.165, 1.54) is 18.2 Å². The fourth-order valence-corrected chi connectivity index (χ4v) is 1.81. The first-order valence-electron chi connectivity index (χ1n) is 6.59. The van der Waals surface area contributed by atoms with Gasteiger partial charge < -0.3 is 20.3 Å². The number of carbonyl (C=O) groups is 2. The van der Waals surface area contributed by atoms with Crippen LogP contribution in [0.2, 0.25) is 0 Å². The molecular formula is C16H15NO5. The molecule has 0 unspecified atom stereocenters. The third-order valence-corrected chi connectivity index (χ3v) is 2.81. The number of hydrogen-bond acceptors (Lipinski definition) is 5. The predicted molar refractivity (Wildman–Crippen MR) is 80.3 cm³/mol. The molecule has 0 aliphatic heterocycles. The van der Waals surface area contributed by atoms with Gasteiger partial charge in [-0.05, 0) is 37.3 Å². The normalized spacial score (nSPS) is 10.0. The number of hydrogen-bond donors (Lipinski definition) is 2. The second-order valence-electron chi connectivity index (χ2n) is 4.41. The number of ether oxygens (including phenoxy) is 2. The van der Waals surface area contributed by atoms with Crippen molar-refractivity contribution >= 4 is 17.6 Å². The summed E-state index contributed by atoms with van der Waals surface area (Å²) in [5, 5.41) is 9.13. The Kier molecular flexibility index (Phi) is 4.63. The molecule has 0 amide bonds. The van der Waals surface area contributed by atoms with Gasteiger partial charge in [-0.1, -0.05) is 12.1 Å². The van der Waals surface area contributed by atoms with Crippen LogP contribution >= 0.6 is 0 Å². The molecule has 0 aliphatic carbocycles. The van der Waals surface area contributed by atoms with Crippen molar-refractivity contribution in [3.05, 3.63) is 53.6 Å². The lowest BCUT2D eigenvalue weighted by Crippen LogP contribution is -2.07. The van der Waals surface area contributed by atoms with Crippen LogP contribution in [0.1, 0.15) is 27.6 Å². The number of carboxylic acid groups (broad SMARTS) is 1. The highest BCUT2D eigenvalue weighted by molar-refractivity contribution is 5.95. The number of benzene rings is 2. The summed E-state index contributed by atoms with van der Waals surface area (Å²) in [6.07, 6.45) is 0. The molecular weight excluding hydrogens is 286 g/mol. The number of nitrogens with two attached hydrogens (primary N) is 1. The van der Waals surface area contributed by atoms with E-state index in [-0.39, 0.29) is 23.5 Å². The van der Waals surface area contributed by atoms with E-state index < -0.39 is 11.9 Å². The minimum absolute atomic E-state index is 0.0740.